The molecular formula is C23H17ClN4O6S2. The summed E-state index contributed by atoms with van der Waals surface area (Å²) in [5.41, 5.74) is 4.83. The van der Waals surface area contributed by atoms with E-state index in [0.29, 0.717) is 21.4 Å². The van der Waals surface area contributed by atoms with Gasteiger partial charge >= 0.3 is 10.1 Å². The first-order chi connectivity index (χ1) is 17.2. The molecular weight excluding hydrogens is 528 g/mol. The molecule has 0 atom stereocenters. The van der Waals surface area contributed by atoms with Gasteiger partial charge in [0, 0.05) is 28.1 Å². The molecule has 4 rings (SSSR count). The third kappa shape index (κ3) is 5.97. The second-order valence-corrected chi connectivity index (χ2v) is 9.95. The van der Waals surface area contributed by atoms with E-state index in [4.69, 9.17) is 20.5 Å². The van der Waals surface area contributed by atoms with Crippen LogP contribution in [-0.4, -0.2) is 31.6 Å². The number of non-ortho nitro benzene ring substituents is 1. The molecule has 0 spiro atoms. The number of hydrazone groups is 1. The van der Waals surface area contributed by atoms with Crippen molar-refractivity contribution in [3.63, 3.8) is 0 Å². The fraction of sp³-hybridized carbons (Fsp3) is 0.0435. The summed E-state index contributed by atoms with van der Waals surface area (Å²) < 4.78 is 35.6. The predicted molar refractivity (Wildman–Crippen MR) is 138 cm³/mol. The molecule has 0 saturated carbocycles. The third-order valence-electron chi connectivity index (χ3n) is 4.74. The summed E-state index contributed by atoms with van der Waals surface area (Å²) in [5.74, 6) is 0.219. The van der Waals surface area contributed by atoms with Gasteiger partial charge in [0.05, 0.1) is 23.9 Å². The van der Waals surface area contributed by atoms with Crippen LogP contribution in [0.15, 0.2) is 82.1 Å². The summed E-state index contributed by atoms with van der Waals surface area (Å²) in [4.78, 5) is 14.7. The van der Waals surface area contributed by atoms with Crippen molar-refractivity contribution >= 4 is 50.1 Å². The average Bonchev–Trinajstić information content (AvgIpc) is 3.34. The van der Waals surface area contributed by atoms with Gasteiger partial charge in [0.1, 0.15) is 4.90 Å². The number of hydrogen-bond acceptors (Lipinski definition) is 10. The Morgan fingerprint density at radius 3 is 2.47 bits per heavy atom. The van der Waals surface area contributed by atoms with Gasteiger partial charge in [-0.15, -0.1) is 11.3 Å². The monoisotopic (exact) mass is 544 g/mol. The maximum atomic E-state index is 12.6. The molecule has 0 radical (unpaired) electrons. The number of anilines is 1. The molecule has 3 aromatic carbocycles. The highest BCUT2D eigenvalue weighted by atomic mass is 35.5. The number of hydrogen-bond donors (Lipinski definition) is 1. The molecule has 184 valence electrons. The summed E-state index contributed by atoms with van der Waals surface area (Å²) in [6.45, 7) is 0. The molecule has 0 fully saturated rings. The zero-order valence-electron chi connectivity index (χ0n) is 18.5. The molecule has 4 aromatic rings. The summed E-state index contributed by atoms with van der Waals surface area (Å²) >= 11 is 7.13. The van der Waals surface area contributed by atoms with Gasteiger partial charge in [-0.3, -0.25) is 15.5 Å². The number of benzene rings is 3. The molecule has 13 heteroatoms. The first kappa shape index (κ1) is 25.1. The van der Waals surface area contributed by atoms with Crippen molar-refractivity contribution in [3.8, 4) is 22.8 Å². The number of thiazole rings is 1. The summed E-state index contributed by atoms with van der Waals surface area (Å²) in [5, 5.41) is 17.7. The van der Waals surface area contributed by atoms with Crippen molar-refractivity contribution in [1.82, 2.24) is 4.98 Å². The van der Waals surface area contributed by atoms with Gasteiger partial charge in [-0.1, -0.05) is 11.6 Å². The van der Waals surface area contributed by atoms with E-state index in [1.54, 1.807) is 29.6 Å². The number of methoxy groups -OCH3 is 1. The average molecular weight is 545 g/mol. The molecule has 10 nitrogen and oxygen atoms in total. The summed E-state index contributed by atoms with van der Waals surface area (Å²) in [7, 11) is -2.69. The van der Waals surface area contributed by atoms with Gasteiger partial charge in [-0.25, -0.2) is 4.98 Å². The van der Waals surface area contributed by atoms with Crippen molar-refractivity contribution in [2.75, 3.05) is 12.5 Å². The Morgan fingerprint density at radius 2 is 1.81 bits per heavy atom. The highest BCUT2D eigenvalue weighted by molar-refractivity contribution is 7.87. The van der Waals surface area contributed by atoms with Crippen LogP contribution >= 0.6 is 22.9 Å². The number of nitrogens with one attached hydrogen (secondary N) is 1. The van der Waals surface area contributed by atoms with E-state index >= 15 is 0 Å². The number of aromatic nitrogens is 1. The predicted octanol–water partition coefficient (Wildman–Crippen LogP) is 5.59. The van der Waals surface area contributed by atoms with E-state index < -0.39 is 15.0 Å². The van der Waals surface area contributed by atoms with Crippen LogP contribution in [0.25, 0.3) is 11.3 Å². The van der Waals surface area contributed by atoms with Gasteiger partial charge in [-0.2, -0.15) is 13.5 Å². The largest absolute Gasteiger partial charge is 0.493 e. The fourth-order valence-electron chi connectivity index (χ4n) is 2.97. The highest BCUT2D eigenvalue weighted by Crippen LogP contribution is 2.31. The van der Waals surface area contributed by atoms with Gasteiger partial charge in [0.25, 0.3) is 5.69 Å². The van der Waals surface area contributed by atoms with Gasteiger partial charge in [0.15, 0.2) is 11.5 Å². The topological polar surface area (TPSA) is 133 Å². The second-order valence-electron chi connectivity index (χ2n) is 7.11. The van der Waals surface area contributed by atoms with Crippen LogP contribution in [-0.2, 0) is 10.1 Å². The third-order valence-corrected chi connectivity index (χ3v) is 6.99. The van der Waals surface area contributed by atoms with Crippen molar-refractivity contribution in [2.24, 2.45) is 5.10 Å². The van der Waals surface area contributed by atoms with Crippen molar-refractivity contribution in [1.29, 1.82) is 0 Å². The number of halogens is 1. The number of rotatable bonds is 9. The molecule has 0 bridgehead atoms. The molecule has 0 aliphatic rings. The minimum atomic E-state index is -4.08. The van der Waals surface area contributed by atoms with Crippen molar-refractivity contribution in [2.45, 2.75) is 4.90 Å². The SMILES string of the molecule is COc1cc(/C=N\Nc2nc(-c3ccc([N+](=O)[O-])cc3)cs2)ccc1OS(=O)(=O)c1ccc(Cl)cc1. The highest BCUT2D eigenvalue weighted by Gasteiger charge is 2.19. The minimum Gasteiger partial charge on any atom is -0.493 e. The zero-order chi connectivity index (χ0) is 25.7. The van der Waals surface area contributed by atoms with Gasteiger partial charge < -0.3 is 8.92 Å². The van der Waals surface area contributed by atoms with Crippen molar-refractivity contribution in [3.05, 3.63) is 92.8 Å². The lowest BCUT2D eigenvalue weighted by Crippen LogP contribution is -2.10. The molecule has 0 aliphatic carbocycles. The van der Waals surface area contributed by atoms with Gasteiger partial charge in [0.2, 0.25) is 5.13 Å². The molecule has 1 N–H and O–H groups in total. The van der Waals surface area contributed by atoms with Crippen LogP contribution in [0.3, 0.4) is 0 Å². The lowest BCUT2D eigenvalue weighted by molar-refractivity contribution is -0.384. The summed E-state index contributed by atoms with van der Waals surface area (Å²) in [6.07, 6.45) is 1.51. The van der Waals surface area contributed by atoms with Crippen LogP contribution in [0, 0.1) is 10.1 Å². The fourth-order valence-corrected chi connectivity index (χ4v) is 4.71. The Balaban J connectivity index is 1.43. The van der Waals surface area contributed by atoms with Crippen LogP contribution in [0.5, 0.6) is 11.5 Å². The Kier molecular flexibility index (Phi) is 7.48. The van der Waals surface area contributed by atoms with Crippen LogP contribution in [0.1, 0.15) is 5.56 Å². The number of nitro groups is 1. The summed E-state index contributed by atoms with van der Waals surface area (Å²) in [6, 6.07) is 16.4. The maximum Gasteiger partial charge on any atom is 0.339 e. The Morgan fingerprint density at radius 1 is 1.08 bits per heavy atom. The Bertz CT molecular complexity index is 1520. The molecule has 0 unspecified atom stereocenters. The second kappa shape index (κ2) is 10.7. The standard InChI is InChI=1S/C23H17ClN4O6S2/c1-33-22-12-15(2-11-21(22)34-36(31,32)19-9-5-17(24)6-10-19)13-25-27-23-26-20(14-35-23)16-3-7-18(8-4-16)28(29)30/h2-14H,1H3,(H,26,27)/b25-13-. The first-order valence-corrected chi connectivity index (χ1v) is 12.8. The van der Waals surface area contributed by atoms with Crippen LogP contribution in [0.2, 0.25) is 5.02 Å². The molecule has 0 aliphatic heterocycles. The Hall–Kier alpha value is -4.00. The molecule has 1 heterocycles. The lowest BCUT2D eigenvalue weighted by atomic mass is 10.1. The van der Waals surface area contributed by atoms with Crippen LogP contribution < -0.4 is 14.3 Å². The van der Waals surface area contributed by atoms with E-state index in [2.05, 4.69) is 15.5 Å². The van der Waals surface area contributed by atoms with Gasteiger partial charge in [-0.05, 0) is 60.2 Å². The maximum absolute atomic E-state index is 12.6. The molecule has 1 aromatic heterocycles. The normalized spacial score (nSPS) is 11.4. The quantitative estimate of drug-likeness (QED) is 0.125. The zero-order valence-corrected chi connectivity index (χ0v) is 20.9. The molecule has 0 saturated heterocycles. The van der Waals surface area contributed by atoms with E-state index in [1.807, 2.05) is 0 Å². The lowest BCUT2D eigenvalue weighted by Gasteiger charge is -2.11. The van der Waals surface area contributed by atoms with E-state index in [1.165, 1.54) is 67.1 Å². The van der Waals surface area contributed by atoms with E-state index in [0.717, 1.165) is 5.56 Å². The van der Waals surface area contributed by atoms with E-state index in [9.17, 15) is 18.5 Å². The molecule has 0 amide bonds. The molecule has 36 heavy (non-hydrogen) atoms. The van der Waals surface area contributed by atoms with Crippen LogP contribution in [0.4, 0.5) is 10.8 Å². The minimum absolute atomic E-state index is 0.00588. The smallest absolute Gasteiger partial charge is 0.339 e. The first-order valence-electron chi connectivity index (χ1n) is 10.1. The number of ether oxygens (including phenoxy) is 1. The Labute approximate surface area is 215 Å². The number of nitro benzene ring substituents is 1. The van der Waals surface area contributed by atoms with Crippen molar-refractivity contribution < 1.29 is 22.3 Å². The number of nitrogens with zero attached hydrogens (tertiary/aromatic N) is 3. The van der Waals surface area contributed by atoms with E-state index in [-0.39, 0.29) is 22.1 Å².